The summed E-state index contributed by atoms with van der Waals surface area (Å²) in [6.07, 6.45) is 1.09. The predicted octanol–water partition coefficient (Wildman–Crippen LogP) is 2.20. The van der Waals surface area contributed by atoms with Crippen LogP contribution in [0.3, 0.4) is 0 Å². The minimum absolute atomic E-state index is 0.142. The van der Waals surface area contributed by atoms with E-state index in [0.717, 1.165) is 25.1 Å². The normalized spacial score (nSPS) is 12.7. The molecule has 0 fully saturated rings. The lowest BCUT2D eigenvalue weighted by molar-refractivity contribution is -0.384. The standard InChI is InChI=1S/C13H21N3O2/c1-11(15(3)10-4-9-14-2)12-5-7-13(8-6-12)16(17)18/h5-8,11,14H,4,9-10H2,1-3H3. The van der Waals surface area contributed by atoms with Gasteiger partial charge in [0.25, 0.3) is 5.69 Å². The molecule has 1 unspecified atom stereocenters. The molecule has 1 atom stereocenters. The monoisotopic (exact) mass is 251 g/mol. The molecule has 1 aromatic carbocycles. The third-order valence-corrected chi connectivity index (χ3v) is 3.19. The van der Waals surface area contributed by atoms with Crippen LogP contribution in [-0.2, 0) is 0 Å². The minimum Gasteiger partial charge on any atom is -0.320 e. The molecular formula is C13H21N3O2. The number of hydrogen-bond acceptors (Lipinski definition) is 4. The lowest BCUT2D eigenvalue weighted by Crippen LogP contribution is -2.25. The maximum atomic E-state index is 10.6. The molecule has 0 spiro atoms. The van der Waals surface area contributed by atoms with E-state index < -0.39 is 0 Å². The molecule has 1 N–H and O–H groups in total. The van der Waals surface area contributed by atoms with Gasteiger partial charge in [-0.3, -0.25) is 15.0 Å². The summed E-state index contributed by atoms with van der Waals surface area (Å²) in [6.45, 7) is 4.11. The molecule has 0 bridgehead atoms. The maximum Gasteiger partial charge on any atom is 0.269 e. The number of rotatable bonds is 7. The molecule has 0 aliphatic carbocycles. The van der Waals surface area contributed by atoms with Crippen LogP contribution in [0, 0.1) is 10.1 Å². The van der Waals surface area contributed by atoms with Crippen molar-refractivity contribution < 1.29 is 4.92 Å². The van der Waals surface area contributed by atoms with Gasteiger partial charge in [-0.05, 0) is 46.1 Å². The summed E-state index contributed by atoms with van der Waals surface area (Å²) in [5, 5.41) is 13.7. The van der Waals surface area contributed by atoms with Crippen molar-refractivity contribution in [3.05, 3.63) is 39.9 Å². The second-order valence-electron chi connectivity index (χ2n) is 4.46. The average molecular weight is 251 g/mol. The van der Waals surface area contributed by atoms with E-state index in [-0.39, 0.29) is 16.7 Å². The molecular weight excluding hydrogens is 230 g/mol. The van der Waals surface area contributed by atoms with Gasteiger partial charge in [0.05, 0.1) is 4.92 Å². The average Bonchev–Trinajstić information content (AvgIpc) is 2.38. The zero-order valence-electron chi connectivity index (χ0n) is 11.2. The predicted molar refractivity (Wildman–Crippen MR) is 72.7 cm³/mol. The number of non-ortho nitro benzene ring substituents is 1. The van der Waals surface area contributed by atoms with Crippen molar-refractivity contribution in [2.24, 2.45) is 0 Å². The van der Waals surface area contributed by atoms with Gasteiger partial charge in [0, 0.05) is 18.2 Å². The van der Waals surface area contributed by atoms with E-state index in [1.54, 1.807) is 12.1 Å². The molecule has 0 aliphatic rings. The summed E-state index contributed by atoms with van der Waals surface area (Å²) in [6, 6.07) is 7.05. The van der Waals surface area contributed by atoms with Gasteiger partial charge in [-0.2, -0.15) is 0 Å². The molecule has 0 saturated heterocycles. The molecule has 0 saturated carbocycles. The Morgan fingerprint density at radius 1 is 1.39 bits per heavy atom. The first kappa shape index (κ1) is 14.6. The van der Waals surface area contributed by atoms with E-state index in [2.05, 4.69) is 24.2 Å². The van der Waals surface area contributed by atoms with Crippen LogP contribution in [0.15, 0.2) is 24.3 Å². The highest BCUT2D eigenvalue weighted by Crippen LogP contribution is 2.21. The Labute approximate surface area is 108 Å². The molecule has 0 heterocycles. The van der Waals surface area contributed by atoms with Gasteiger partial charge in [0.1, 0.15) is 0 Å². The molecule has 0 amide bonds. The van der Waals surface area contributed by atoms with Crippen LogP contribution < -0.4 is 5.32 Å². The third-order valence-electron chi connectivity index (χ3n) is 3.19. The summed E-state index contributed by atoms with van der Waals surface area (Å²) in [4.78, 5) is 12.5. The van der Waals surface area contributed by atoms with Gasteiger partial charge < -0.3 is 5.32 Å². The van der Waals surface area contributed by atoms with Crippen molar-refractivity contribution in [3.63, 3.8) is 0 Å². The van der Waals surface area contributed by atoms with Crippen molar-refractivity contribution >= 4 is 5.69 Å². The highest BCUT2D eigenvalue weighted by atomic mass is 16.6. The van der Waals surface area contributed by atoms with Crippen LogP contribution in [0.25, 0.3) is 0 Å². The molecule has 0 radical (unpaired) electrons. The zero-order chi connectivity index (χ0) is 13.5. The first-order valence-corrected chi connectivity index (χ1v) is 6.15. The summed E-state index contributed by atoms with van der Waals surface area (Å²) >= 11 is 0. The third kappa shape index (κ3) is 4.09. The first-order valence-electron chi connectivity index (χ1n) is 6.15. The second kappa shape index (κ2) is 7.08. The van der Waals surface area contributed by atoms with E-state index >= 15 is 0 Å². The Hall–Kier alpha value is -1.46. The minimum atomic E-state index is -0.370. The molecule has 5 nitrogen and oxygen atoms in total. The Kier molecular flexibility index (Phi) is 5.74. The molecule has 100 valence electrons. The quantitative estimate of drug-likeness (QED) is 0.458. The number of benzene rings is 1. The fourth-order valence-corrected chi connectivity index (χ4v) is 1.83. The summed E-state index contributed by atoms with van der Waals surface area (Å²) in [5.74, 6) is 0. The van der Waals surface area contributed by atoms with Gasteiger partial charge in [-0.1, -0.05) is 12.1 Å². The van der Waals surface area contributed by atoms with E-state index in [4.69, 9.17) is 0 Å². The molecule has 1 rings (SSSR count). The van der Waals surface area contributed by atoms with Crippen molar-refractivity contribution in [1.29, 1.82) is 0 Å². The Balaban J connectivity index is 2.59. The maximum absolute atomic E-state index is 10.6. The highest BCUT2D eigenvalue weighted by Gasteiger charge is 2.12. The van der Waals surface area contributed by atoms with E-state index in [0.29, 0.717) is 0 Å². The van der Waals surface area contributed by atoms with E-state index in [1.807, 2.05) is 19.2 Å². The van der Waals surface area contributed by atoms with E-state index in [1.165, 1.54) is 0 Å². The molecule has 0 aromatic heterocycles. The van der Waals surface area contributed by atoms with Crippen molar-refractivity contribution in [1.82, 2.24) is 10.2 Å². The lowest BCUT2D eigenvalue weighted by Gasteiger charge is -2.24. The second-order valence-corrected chi connectivity index (χ2v) is 4.46. The summed E-state index contributed by atoms with van der Waals surface area (Å²) in [7, 11) is 4.02. The van der Waals surface area contributed by atoms with E-state index in [9.17, 15) is 10.1 Å². The fraction of sp³-hybridized carbons (Fsp3) is 0.538. The molecule has 1 aromatic rings. The number of nitrogens with zero attached hydrogens (tertiary/aromatic N) is 2. The topological polar surface area (TPSA) is 58.4 Å². The van der Waals surface area contributed by atoms with Gasteiger partial charge >= 0.3 is 0 Å². The van der Waals surface area contributed by atoms with Crippen LogP contribution in [-0.4, -0.2) is 37.0 Å². The van der Waals surface area contributed by atoms with Crippen molar-refractivity contribution in [2.75, 3.05) is 27.2 Å². The van der Waals surface area contributed by atoms with Crippen molar-refractivity contribution in [3.8, 4) is 0 Å². The van der Waals surface area contributed by atoms with Gasteiger partial charge in [0.2, 0.25) is 0 Å². The SMILES string of the molecule is CNCCCN(C)C(C)c1ccc([N+](=O)[O-])cc1. The van der Waals surface area contributed by atoms with Crippen LogP contribution >= 0.6 is 0 Å². The molecule has 5 heteroatoms. The lowest BCUT2D eigenvalue weighted by atomic mass is 10.1. The molecule has 18 heavy (non-hydrogen) atoms. The Morgan fingerprint density at radius 3 is 2.50 bits per heavy atom. The Bertz CT molecular complexity index is 378. The van der Waals surface area contributed by atoms with Crippen LogP contribution in [0.5, 0.6) is 0 Å². The number of hydrogen-bond donors (Lipinski definition) is 1. The van der Waals surface area contributed by atoms with Gasteiger partial charge in [-0.25, -0.2) is 0 Å². The molecule has 0 aliphatic heterocycles. The van der Waals surface area contributed by atoms with Crippen molar-refractivity contribution in [2.45, 2.75) is 19.4 Å². The zero-order valence-corrected chi connectivity index (χ0v) is 11.2. The largest absolute Gasteiger partial charge is 0.320 e. The van der Waals surface area contributed by atoms with Crippen LogP contribution in [0.1, 0.15) is 24.9 Å². The number of nitrogens with one attached hydrogen (secondary N) is 1. The number of nitro benzene ring substituents is 1. The highest BCUT2D eigenvalue weighted by molar-refractivity contribution is 5.34. The van der Waals surface area contributed by atoms with Crippen LogP contribution in [0.2, 0.25) is 0 Å². The smallest absolute Gasteiger partial charge is 0.269 e. The Morgan fingerprint density at radius 2 is 2.00 bits per heavy atom. The van der Waals surface area contributed by atoms with Crippen LogP contribution in [0.4, 0.5) is 5.69 Å². The number of nitro groups is 1. The first-order chi connectivity index (χ1) is 8.56. The fourth-order valence-electron chi connectivity index (χ4n) is 1.83. The van der Waals surface area contributed by atoms with Gasteiger partial charge in [-0.15, -0.1) is 0 Å². The summed E-state index contributed by atoms with van der Waals surface area (Å²) in [5.41, 5.74) is 1.25. The summed E-state index contributed by atoms with van der Waals surface area (Å²) < 4.78 is 0. The van der Waals surface area contributed by atoms with Gasteiger partial charge in [0.15, 0.2) is 0 Å².